The minimum atomic E-state index is -0.519. The molecule has 0 bridgehead atoms. The number of carbonyl (C=O) groups is 1. The van der Waals surface area contributed by atoms with Gasteiger partial charge in [-0.1, -0.05) is 24.3 Å². The van der Waals surface area contributed by atoms with Gasteiger partial charge < -0.3 is 10.8 Å². The largest absolute Gasteiger partial charge is 0.508 e. The minimum absolute atomic E-state index is 0.167. The molecule has 0 unspecified atom stereocenters. The van der Waals surface area contributed by atoms with Gasteiger partial charge in [0.05, 0.1) is 11.4 Å². The second-order valence-electron chi connectivity index (χ2n) is 4.58. The first kappa shape index (κ1) is 11.6. The smallest absolute Gasteiger partial charge is 0.323 e. The first-order valence-corrected chi connectivity index (χ1v) is 6.18. The number of allylic oxidation sites excluding steroid dienone is 3. The molecule has 4 nitrogen and oxygen atoms in total. The molecular weight excluding hydrogens is 240 g/mol. The van der Waals surface area contributed by atoms with Crippen molar-refractivity contribution in [2.24, 2.45) is 5.73 Å². The lowest BCUT2D eigenvalue weighted by Gasteiger charge is -2.26. The molecule has 0 fully saturated rings. The number of phenols is 1. The van der Waals surface area contributed by atoms with Crippen LogP contribution in [0.25, 0.3) is 6.08 Å². The Morgan fingerprint density at radius 1 is 1.21 bits per heavy atom. The summed E-state index contributed by atoms with van der Waals surface area (Å²) >= 11 is 0. The highest BCUT2D eigenvalue weighted by Gasteiger charge is 2.25. The lowest BCUT2D eigenvalue weighted by Crippen LogP contribution is -2.36. The van der Waals surface area contributed by atoms with Crippen molar-refractivity contribution in [3.8, 4) is 5.75 Å². The maximum atomic E-state index is 11.8. The van der Waals surface area contributed by atoms with Crippen LogP contribution in [0.15, 0.2) is 47.7 Å². The number of urea groups is 1. The van der Waals surface area contributed by atoms with E-state index in [2.05, 4.69) is 6.08 Å². The number of nitrogens with two attached hydrogens (primary N) is 1. The Morgan fingerprint density at radius 3 is 2.79 bits per heavy atom. The van der Waals surface area contributed by atoms with E-state index in [9.17, 15) is 9.90 Å². The number of anilines is 1. The molecule has 4 heteroatoms. The molecule has 0 aromatic heterocycles. The number of primary amides is 1. The average molecular weight is 254 g/mol. The molecule has 0 saturated carbocycles. The molecule has 0 spiro atoms. The van der Waals surface area contributed by atoms with Gasteiger partial charge in [-0.2, -0.15) is 0 Å². The van der Waals surface area contributed by atoms with Crippen LogP contribution in [0.3, 0.4) is 0 Å². The molecule has 3 rings (SSSR count). The fourth-order valence-corrected chi connectivity index (χ4v) is 2.48. The van der Waals surface area contributed by atoms with Crippen LogP contribution in [0.2, 0.25) is 0 Å². The summed E-state index contributed by atoms with van der Waals surface area (Å²) in [5.74, 6) is 0.167. The zero-order valence-corrected chi connectivity index (χ0v) is 10.3. The van der Waals surface area contributed by atoms with Gasteiger partial charge in [-0.05, 0) is 36.6 Å². The molecule has 1 aliphatic heterocycles. The summed E-state index contributed by atoms with van der Waals surface area (Å²) < 4.78 is 0. The van der Waals surface area contributed by atoms with E-state index in [0.717, 1.165) is 29.7 Å². The molecule has 1 aromatic rings. The summed E-state index contributed by atoms with van der Waals surface area (Å²) in [4.78, 5) is 13.3. The van der Waals surface area contributed by atoms with Crippen molar-refractivity contribution in [1.82, 2.24) is 0 Å². The third-order valence-electron chi connectivity index (χ3n) is 3.32. The molecule has 96 valence electrons. The Morgan fingerprint density at radius 2 is 2.00 bits per heavy atom. The van der Waals surface area contributed by atoms with Gasteiger partial charge in [0.1, 0.15) is 5.75 Å². The Kier molecular flexibility index (Phi) is 2.63. The summed E-state index contributed by atoms with van der Waals surface area (Å²) in [6.45, 7) is 0. The maximum Gasteiger partial charge on any atom is 0.323 e. The molecule has 3 N–H and O–H groups in total. The van der Waals surface area contributed by atoms with Crippen LogP contribution in [0.4, 0.5) is 10.5 Å². The van der Waals surface area contributed by atoms with Crippen molar-refractivity contribution < 1.29 is 9.90 Å². The second kappa shape index (κ2) is 4.31. The summed E-state index contributed by atoms with van der Waals surface area (Å²) in [5.41, 5.74) is 8.80. The van der Waals surface area contributed by atoms with E-state index in [1.54, 1.807) is 18.2 Å². The maximum absolute atomic E-state index is 11.8. The third kappa shape index (κ3) is 1.91. The van der Waals surface area contributed by atoms with E-state index < -0.39 is 6.03 Å². The molecule has 1 heterocycles. The quantitative estimate of drug-likeness (QED) is 0.747. The van der Waals surface area contributed by atoms with Crippen LogP contribution in [-0.2, 0) is 0 Å². The Bertz CT molecular complexity index is 642. The number of benzene rings is 1. The number of aromatic hydroxyl groups is 1. The average Bonchev–Trinajstić information content (AvgIpc) is 2.55. The predicted octanol–water partition coefficient (Wildman–Crippen LogP) is 2.91. The number of rotatable bonds is 0. The zero-order valence-electron chi connectivity index (χ0n) is 10.3. The highest BCUT2D eigenvalue weighted by Crippen LogP contribution is 2.36. The van der Waals surface area contributed by atoms with Gasteiger partial charge in [-0.3, -0.25) is 4.90 Å². The number of nitrogens with zero attached hydrogens (tertiary/aromatic N) is 1. The van der Waals surface area contributed by atoms with Crippen molar-refractivity contribution in [1.29, 1.82) is 0 Å². The van der Waals surface area contributed by atoms with Gasteiger partial charge in [0.15, 0.2) is 0 Å². The van der Waals surface area contributed by atoms with Gasteiger partial charge in [0.2, 0.25) is 0 Å². The summed E-state index contributed by atoms with van der Waals surface area (Å²) in [6.07, 6.45) is 9.80. The number of amides is 2. The Hall–Kier alpha value is -2.49. The standard InChI is InChI=1S/C15H14N2O2/c16-15(19)17-13-4-2-1-3-10(13)5-6-11-9-12(18)7-8-14(11)17/h3-9,18H,1-2H2,(H2,16,19). The Balaban J connectivity index is 2.23. The summed E-state index contributed by atoms with van der Waals surface area (Å²) in [7, 11) is 0. The first-order valence-electron chi connectivity index (χ1n) is 6.18. The second-order valence-corrected chi connectivity index (χ2v) is 4.58. The first-order chi connectivity index (χ1) is 9.16. The molecule has 0 radical (unpaired) electrons. The lowest BCUT2D eigenvalue weighted by atomic mass is 10.0. The predicted molar refractivity (Wildman–Crippen MR) is 74.6 cm³/mol. The monoisotopic (exact) mass is 254 g/mol. The Labute approximate surface area is 111 Å². The van der Waals surface area contributed by atoms with Gasteiger partial charge in [-0.25, -0.2) is 4.79 Å². The zero-order chi connectivity index (χ0) is 13.4. The topological polar surface area (TPSA) is 66.6 Å². The number of hydrogen-bond acceptors (Lipinski definition) is 2. The van der Waals surface area contributed by atoms with Gasteiger partial charge in [-0.15, -0.1) is 0 Å². The molecule has 1 aromatic carbocycles. The number of hydrogen-bond donors (Lipinski definition) is 2. The highest BCUT2D eigenvalue weighted by molar-refractivity contribution is 5.99. The van der Waals surface area contributed by atoms with Crippen molar-refractivity contribution in [3.05, 3.63) is 53.3 Å². The van der Waals surface area contributed by atoms with E-state index in [1.165, 1.54) is 4.90 Å². The third-order valence-corrected chi connectivity index (χ3v) is 3.32. The van der Waals surface area contributed by atoms with Gasteiger partial charge in [0, 0.05) is 5.56 Å². The minimum Gasteiger partial charge on any atom is -0.508 e. The van der Waals surface area contributed by atoms with E-state index in [-0.39, 0.29) is 5.75 Å². The van der Waals surface area contributed by atoms with Crippen LogP contribution in [-0.4, -0.2) is 11.1 Å². The molecule has 0 saturated heterocycles. The van der Waals surface area contributed by atoms with Crippen molar-refractivity contribution >= 4 is 17.8 Å². The van der Waals surface area contributed by atoms with Crippen LogP contribution in [0, 0.1) is 0 Å². The fourth-order valence-electron chi connectivity index (χ4n) is 2.48. The van der Waals surface area contributed by atoms with Crippen LogP contribution >= 0.6 is 0 Å². The van der Waals surface area contributed by atoms with E-state index in [0.29, 0.717) is 5.69 Å². The van der Waals surface area contributed by atoms with Crippen molar-refractivity contribution in [2.75, 3.05) is 4.90 Å². The molecular formula is C15H14N2O2. The lowest BCUT2D eigenvalue weighted by molar-refractivity contribution is 0.255. The van der Waals surface area contributed by atoms with Crippen LogP contribution in [0.5, 0.6) is 5.75 Å². The number of carbonyl (C=O) groups excluding carboxylic acids is 1. The van der Waals surface area contributed by atoms with Gasteiger partial charge >= 0.3 is 6.03 Å². The number of phenolic OH excluding ortho intramolecular Hbond substituents is 1. The fraction of sp³-hybridized carbons (Fsp3) is 0.133. The molecule has 1 aliphatic carbocycles. The number of fused-ring (bicyclic) bond motifs is 2. The molecule has 2 aliphatic rings. The van der Waals surface area contributed by atoms with E-state index >= 15 is 0 Å². The van der Waals surface area contributed by atoms with Crippen LogP contribution < -0.4 is 10.6 Å². The van der Waals surface area contributed by atoms with Crippen LogP contribution in [0.1, 0.15) is 18.4 Å². The van der Waals surface area contributed by atoms with E-state index in [1.807, 2.05) is 18.2 Å². The highest BCUT2D eigenvalue weighted by atomic mass is 16.3. The summed E-state index contributed by atoms with van der Waals surface area (Å²) in [6, 6.07) is 4.37. The molecule has 2 amide bonds. The molecule has 0 atom stereocenters. The molecule has 19 heavy (non-hydrogen) atoms. The SMILES string of the molecule is NC(=O)N1C2=CCCC=C2C=Cc2cc(O)ccc21. The van der Waals surface area contributed by atoms with E-state index in [4.69, 9.17) is 5.73 Å². The van der Waals surface area contributed by atoms with Crippen molar-refractivity contribution in [2.45, 2.75) is 12.8 Å². The van der Waals surface area contributed by atoms with Gasteiger partial charge in [0.25, 0.3) is 0 Å². The van der Waals surface area contributed by atoms with Crippen molar-refractivity contribution in [3.63, 3.8) is 0 Å². The summed E-state index contributed by atoms with van der Waals surface area (Å²) in [5, 5.41) is 9.57. The normalized spacial score (nSPS) is 16.9.